The standard InChI is InChI=1S/C28H25NO4S/c1-4-33-23-16-14-21(15-17-23)24-18(2)34-27(25(24)28(31)32-3)29-26(30)22-12-10-20(11-13-22)19-8-6-5-7-9-19/h5-17H,4H2,1-3H3,(H,29,30). The number of thiophene rings is 1. The van der Waals surface area contributed by atoms with E-state index in [0.717, 1.165) is 32.9 Å². The highest BCUT2D eigenvalue weighted by molar-refractivity contribution is 7.17. The molecule has 0 fully saturated rings. The first-order valence-electron chi connectivity index (χ1n) is 10.9. The number of benzene rings is 3. The number of ether oxygens (including phenoxy) is 2. The Labute approximate surface area is 203 Å². The van der Waals surface area contributed by atoms with Crippen molar-refractivity contribution in [3.63, 3.8) is 0 Å². The summed E-state index contributed by atoms with van der Waals surface area (Å²) in [6.07, 6.45) is 0. The van der Waals surface area contributed by atoms with Crippen LogP contribution in [0.5, 0.6) is 5.75 Å². The number of nitrogens with one attached hydrogen (secondary N) is 1. The van der Waals surface area contributed by atoms with Gasteiger partial charge >= 0.3 is 5.97 Å². The van der Waals surface area contributed by atoms with Gasteiger partial charge in [-0.15, -0.1) is 11.3 Å². The van der Waals surface area contributed by atoms with Gasteiger partial charge in [0.1, 0.15) is 16.3 Å². The van der Waals surface area contributed by atoms with E-state index in [-0.39, 0.29) is 5.91 Å². The number of rotatable bonds is 7. The average molecular weight is 472 g/mol. The molecule has 0 aliphatic rings. The van der Waals surface area contributed by atoms with Crippen molar-refractivity contribution in [2.24, 2.45) is 0 Å². The van der Waals surface area contributed by atoms with E-state index < -0.39 is 5.97 Å². The molecule has 0 bridgehead atoms. The number of hydrogen-bond acceptors (Lipinski definition) is 5. The molecule has 4 aromatic rings. The summed E-state index contributed by atoms with van der Waals surface area (Å²) in [6.45, 7) is 4.43. The predicted octanol–water partition coefficient (Wildman–Crippen LogP) is 6.83. The first-order chi connectivity index (χ1) is 16.5. The number of aryl methyl sites for hydroxylation is 1. The Hall–Kier alpha value is -3.90. The maximum absolute atomic E-state index is 13.0. The highest BCUT2D eigenvalue weighted by Crippen LogP contribution is 2.41. The van der Waals surface area contributed by atoms with Crippen LogP contribution in [-0.2, 0) is 4.74 Å². The number of anilines is 1. The molecule has 0 radical (unpaired) electrons. The lowest BCUT2D eigenvalue weighted by Crippen LogP contribution is -2.14. The summed E-state index contributed by atoms with van der Waals surface area (Å²) >= 11 is 1.35. The second-order valence-corrected chi connectivity index (χ2v) is 8.81. The Morgan fingerprint density at radius 3 is 2.09 bits per heavy atom. The van der Waals surface area contributed by atoms with Crippen LogP contribution < -0.4 is 10.1 Å². The van der Waals surface area contributed by atoms with E-state index in [1.807, 2.05) is 80.6 Å². The molecule has 5 nitrogen and oxygen atoms in total. The lowest BCUT2D eigenvalue weighted by molar-refractivity contribution is 0.0603. The molecule has 0 atom stereocenters. The minimum absolute atomic E-state index is 0.288. The highest BCUT2D eigenvalue weighted by Gasteiger charge is 2.25. The van der Waals surface area contributed by atoms with E-state index in [1.54, 1.807) is 12.1 Å². The van der Waals surface area contributed by atoms with Gasteiger partial charge in [-0.25, -0.2) is 4.79 Å². The molecule has 0 unspecified atom stereocenters. The van der Waals surface area contributed by atoms with Gasteiger partial charge in [-0.3, -0.25) is 4.79 Å². The fourth-order valence-electron chi connectivity index (χ4n) is 3.78. The van der Waals surface area contributed by atoms with Crippen molar-refractivity contribution in [1.29, 1.82) is 0 Å². The third-order valence-corrected chi connectivity index (χ3v) is 6.43. The maximum Gasteiger partial charge on any atom is 0.341 e. The normalized spacial score (nSPS) is 10.6. The fraction of sp³-hybridized carbons (Fsp3) is 0.143. The quantitative estimate of drug-likeness (QED) is 0.300. The number of amides is 1. The maximum atomic E-state index is 13.0. The molecule has 4 rings (SSSR count). The molecule has 1 heterocycles. The van der Waals surface area contributed by atoms with Crippen molar-refractivity contribution in [3.05, 3.63) is 94.9 Å². The third kappa shape index (κ3) is 4.87. The SMILES string of the molecule is CCOc1ccc(-c2c(C)sc(NC(=O)c3ccc(-c4ccccc4)cc3)c2C(=O)OC)cc1. The molecule has 1 amide bonds. The van der Waals surface area contributed by atoms with Crippen molar-refractivity contribution < 1.29 is 19.1 Å². The highest BCUT2D eigenvalue weighted by atomic mass is 32.1. The van der Waals surface area contributed by atoms with Gasteiger partial charge in [0.2, 0.25) is 0 Å². The molecule has 0 spiro atoms. The lowest BCUT2D eigenvalue weighted by Gasteiger charge is -2.09. The smallest absolute Gasteiger partial charge is 0.341 e. The van der Waals surface area contributed by atoms with E-state index in [1.165, 1.54) is 18.4 Å². The zero-order valence-corrected chi connectivity index (χ0v) is 20.1. The number of methoxy groups -OCH3 is 1. The van der Waals surface area contributed by atoms with Gasteiger partial charge in [-0.1, -0.05) is 54.6 Å². The minimum Gasteiger partial charge on any atom is -0.494 e. The zero-order valence-electron chi connectivity index (χ0n) is 19.3. The second kappa shape index (κ2) is 10.4. The summed E-state index contributed by atoms with van der Waals surface area (Å²) < 4.78 is 10.6. The van der Waals surface area contributed by atoms with Crippen molar-refractivity contribution in [2.75, 3.05) is 19.0 Å². The Bertz CT molecular complexity index is 1290. The van der Waals surface area contributed by atoms with E-state index in [4.69, 9.17) is 9.47 Å². The van der Waals surface area contributed by atoms with Crippen LogP contribution in [-0.4, -0.2) is 25.6 Å². The van der Waals surface area contributed by atoms with E-state index in [9.17, 15) is 9.59 Å². The molecular formula is C28H25NO4S. The van der Waals surface area contributed by atoms with Crippen LogP contribution in [0.15, 0.2) is 78.9 Å². The monoisotopic (exact) mass is 471 g/mol. The minimum atomic E-state index is -0.497. The predicted molar refractivity (Wildman–Crippen MR) is 137 cm³/mol. The van der Waals surface area contributed by atoms with Gasteiger partial charge in [0.05, 0.1) is 13.7 Å². The average Bonchev–Trinajstić information content (AvgIpc) is 3.20. The fourth-order valence-corrected chi connectivity index (χ4v) is 4.84. The summed E-state index contributed by atoms with van der Waals surface area (Å²) in [5.74, 6) is -0.0292. The molecule has 1 N–H and O–H groups in total. The Kier molecular flexibility index (Phi) is 7.09. The van der Waals surface area contributed by atoms with Gasteiger partial charge in [0.15, 0.2) is 0 Å². The topological polar surface area (TPSA) is 64.6 Å². The molecule has 1 aromatic heterocycles. The van der Waals surface area contributed by atoms with Crippen LogP contribution in [0, 0.1) is 6.92 Å². The van der Waals surface area contributed by atoms with Crippen molar-refractivity contribution >= 4 is 28.2 Å². The Balaban J connectivity index is 1.63. The summed E-state index contributed by atoms with van der Waals surface area (Å²) in [4.78, 5) is 26.7. The molecule has 172 valence electrons. The molecule has 3 aromatic carbocycles. The van der Waals surface area contributed by atoms with E-state index in [0.29, 0.717) is 22.7 Å². The number of esters is 1. The van der Waals surface area contributed by atoms with E-state index in [2.05, 4.69) is 5.32 Å². The largest absolute Gasteiger partial charge is 0.494 e. The van der Waals surface area contributed by atoms with Gasteiger partial charge in [-0.05, 0) is 54.8 Å². The van der Waals surface area contributed by atoms with Crippen molar-refractivity contribution in [3.8, 4) is 28.0 Å². The number of carbonyl (C=O) groups is 2. The van der Waals surface area contributed by atoms with E-state index >= 15 is 0 Å². The summed E-state index contributed by atoms with van der Waals surface area (Å²) in [7, 11) is 1.34. The molecular weight excluding hydrogens is 446 g/mol. The zero-order chi connectivity index (χ0) is 24.1. The molecule has 0 saturated carbocycles. The summed E-state index contributed by atoms with van der Waals surface area (Å²) in [6, 6.07) is 24.9. The van der Waals surface area contributed by atoms with Crippen LogP contribution in [0.2, 0.25) is 0 Å². The lowest BCUT2D eigenvalue weighted by atomic mass is 10.0. The number of carbonyl (C=O) groups excluding carboxylic acids is 2. The third-order valence-electron chi connectivity index (χ3n) is 5.41. The second-order valence-electron chi connectivity index (χ2n) is 7.58. The van der Waals surface area contributed by atoms with Crippen LogP contribution in [0.1, 0.15) is 32.5 Å². The van der Waals surface area contributed by atoms with Crippen LogP contribution in [0.4, 0.5) is 5.00 Å². The first-order valence-corrected chi connectivity index (χ1v) is 11.7. The summed E-state index contributed by atoms with van der Waals surface area (Å²) in [5.41, 5.74) is 4.56. The summed E-state index contributed by atoms with van der Waals surface area (Å²) in [5, 5.41) is 3.38. The number of hydrogen-bond donors (Lipinski definition) is 1. The Morgan fingerprint density at radius 2 is 1.47 bits per heavy atom. The van der Waals surface area contributed by atoms with Gasteiger partial charge in [0.25, 0.3) is 5.91 Å². The van der Waals surface area contributed by atoms with Crippen molar-refractivity contribution in [1.82, 2.24) is 0 Å². The van der Waals surface area contributed by atoms with Gasteiger partial charge in [0, 0.05) is 16.0 Å². The molecule has 0 saturated heterocycles. The van der Waals surface area contributed by atoms with Crippen LogP contribution in [0.3, 0.4) is 0 Å². The molecule has 0 aliphatic heterocycles. The van der Waals surface area contributed by atoms with Crippen LogP contribution in [0.25, 0.3) is 22.3 Å². The molecule has 0 aliphatic carbocycles. The molecule has 34 heavy (non-hydrogen) atoms. The van der Waals surface area contributed by atoms with Crippen molar-refractivity contribution in [2.45, 2.75) is 13.8 Å². The van der Waals surface area contributed by atoms with Gasteiger partial charge < -0.3 is 14.8 Å². The van der Waals surface area contributed by atoms with Crippen LogP contribution >= 0.6 is 11.3 Å². The first kappa shape index (κ1) is 23.3. The van der Waals surface area contributed by atoms with Gasteiger partial charge in [-0.2, -0.15) is 0 Å². The Morgan fingerprint density at radius 1 is 0.853 bits per heavy atom. The molecule has 6 heteroatoms.